The van der Waals surface area contributed by atoms with Crippen LogP contribution in [0.15, 0.2) is 41.5 Å². The van der Waals surface area contributed by atoms with Gasteiger partial charge in [-0.1, -0.05) is 12.1 Å². The number of hydrogen-bond acceptors (Lipinski definition) is 2. The maximum atomic E-state index is 11.7. The zero-order valence-electron chi connectivity index (χ0n) is 9.13. The van der Waals surface area contributed by atoms with Crippen molar-refractivity contribution in [1.29, 1.82) is 0 Å². The molecule has 0 aliphatic rings. The highest BCUT2D eigenvalue weighted by molar-refractivity contribution is 5.34. The van der Waals surface area contributed by atoms with Crippen LogP contribution in [-0.4, -0.2) is 20.8 Å². The van der Waals surface area contributed by atoms with Crippen LogP contribution in [-0.2, 0) is 13.5 Å². The molecule has 0 saturated carbocycles. The summed E-state index contributed by atoms with van der Waals surface area (Å²) in [6.07, 6.45) is 4.11. The molecule has 0 radical (unpaired) electrons. The van der Waals surface area contributed by atoms with E-state index < -0.39 is 0 Å². The van der Waals surface area contributed by atoms with Crippen LogP contribution in [0.1, 0.15) is 5.56 Å². The summed E-state index contributed by atoms with van der Waals surface area (Å²) in [6, 6.07) is 7.61. The molecular weight excluding hydrogens is 204 g/mol. The van der Waals surface area contributed by atoms with Gasteiger partial charge >= 0.3 is 5.69 Å². The number of aryl methyl sites for hydroxylation is 1. The van der Waals surface area contributed by atoms with E-state index >= 15 is 0 Å². The molecule has 4 nitrogen and oxygen atoms in total. The first-order chi connectivity index (χ1) is 7.72. The molecule has 2 rings (SSSR count). The molecule has 1 heterocycles. The Labute approximate surface area is 93.4 Å². The van der Waals surface area contributed by atoms with Crippen molar-refractivity contribution in [2.24, 2.45) is 7.05 Å². The number of hydrogen-bond donors (Lipinski definition) is 1. The fraction of sp³-hybridized carbons (Fsp3) is 0.250. The number of nitrogens with zero attached hydrogens (tertiary/aromatic N) is 2. The van der Waals surface area contributed by atoms with Crippen LogP contribution >= 0.6 is 0 Å². The van der Waals surface area contributed by atoms with Crippen molar-refractivity contribution in [2.75, 3.05) is 6.61 Å². The topological polar surface area (TPSA) is 47.2 Å². The van der Waals surface area contributed by atoms with E-state index in [0.717, 1.165) is 11.3 Å². The van der Waals surface area contributed by atoms with Gasteiger partial charge < -0.3 is 9.67 Å². The van der Waals surface area contributed by atoms with Gasteiger partial charge in [0.1, 0.15) is 0 Å². The maximum absolute atomic E-state index is 11.7. The Kier molecular flexibility index (Phi) is 2.92. The Bertz CT molecular complexity index is 523. The Hall–Kier alpha value is -1.81. The lowest BCUT2D eigenvalue weighted by atomic mass is 10.1. The molecule has 0 fully saturated rings. The van der Waals surface area contributed by atoms with Gasteiger partial charge in [-0.05, 0) is 24.1 Å². The predicted molar refractivity (Wildman–Crippen MR) is 61.8 cm³/mol. The van der Waals surface area contributed by atoms with Crippen LogP contribution in [0.2, 0.25) is 0 Å². The highest BCUT2D eigenvalue weighted by Gasteiger charge is 2.02. The van der Waals surface area contributed by atoms with Crippen molar-refractivity contribution in [3.63, 3.8) is 0 Å². The normalized spacial score (nSPS) is 10.6. The number of aliphatic hydroxyl groups excluding tert-OH is 1. The molecule has 16 heavy (non-hydrogen) atoms. The highest BCUT2D eigenvalue weighted by Crippen LogP contribution is 2.08. The van der Waals surface area contributed by atoms with E-state index in [9.17, 15) is 4.79 Å². The van der Waals surface area contributed by atoms with Gasteiger partial charge in [0.25, 0.3) is 0 Å². The molecular formula is C12H14N2O2. The molecule has 0 atom stereocenters. The predicted octanol–water partition coefficient (Wildman–Crippen LogP) is 0.711. The van der Waals surface area contributed by atoms with Crippen LogP contribution in [0.3, 0.4) is 0 Å². The Morgan fingerprint density at radius 3 is 2.38 bits per heavy atom. The quantitative estimate of drug-likeness (QED) is 0.824. The summed E-state index contributed by atoms with van der Waals surface area (Å²) in [6.45, 7) is 0.143. The summed E-state index contributed by atoms with van der Waals surface area (Å²) in [4.78, 5) is 11.7. The van der Waals surface area contributed by atoms with Crippen LogP contribution < -0.4 is 5.69 Å². The minimum Gasteiger partial charge on any atom is -0.396 e. The van der Waals surface area contributed by atoms with E-state index in [1.54, 1.807) is 24.0 Å². The van der Waals surface area contributed by atoms with E-state index in [0.29, 0.717) is 6.42 Å². The number of rotatable bonds is 3. The molecule has 0 aliphatic carbocycles. The van der Waals surface area contributed by atoms with Gasteiger partial charge in [0, 0.05) is 26.0 Å². The molecule has 1 N–H and O–H groups in total. The smallest absolute Gasteiger partial charge is 0.332 e. The van der Waals surface area contributed by atoms with Gasteiger partial charge in [-0.15, -0.1) is 0 Å². The lowest BCUT2D eigenvalue weighted by Crippen LogP contribution is -2.20. The fourth-order valence-corrected chi connectivity index (χ4v) is 1.61. The number of aliphatic hydroxyl groups is 1. The molecule has 1 aromatic carbocycles. The van der Waals surface area contributed by atoms with Gasteiger partial charge in [-0.2, -0.15) is 0 Å². The van der Waals surface area contributed by atoms with E-state index in [4.69, 9.17) is 5.11 Å². The molecule has 0 spiro atoms. The minimum atomic E-state index is -0.0603. The monoisotopic (exact) mass is 218 g/mol. The van der Waals surface area contributed by atoms with Gasteiger partial charge in [0.2, 0.25) is 0 Å². The summed E-state index contributed by atoms with van der Waals surface area (Å²) < 4.78 is 3.12. The SMILES string of the molecule is Cn1ccn(-c2ccc(CCO)cc2)c1=O. The Morgan fingerprint density at radius 1 is 1.19 bits per heavy atom. The average molecular weight is 218 g/mol. The second kappa shape index (κ2) is 4.37. The van der Waals surface area contributed by atoms with Gasteiger partial charge in [-0.25, -0.2) is 4.79 Å². The third kappa shape index (κ3) is 1.92. The summed E-state index contributed by atoms with van der Waals surface area (Å²) in [5.74, 6) is 0. The fourth-order valence-electron chi connectivity index (χ4n) is 1.61. The van der Waals surface area contributed by atoms with Crippen molar-refractivity contribution in [3.05, 3.63) is 52.7 Å². The lowest BCUT2D eigenvalue weighted by molar-refractivity contribution is 0.299. The minimum absolute atomic E-state index is 0.0603. The van der Waals surface area contributed by atoms with Crippen molar-refractivity contribution < 1.29 is 5.11 Å². The molecule has 0 aliphatic heterocycles. The first kappa shape index (κ1) is 10.7. The maximum Gasteiger partial charge on any atom is 0.332 e. The molecule has 0 saturated heterocycles. The van der Waals surface area contributed by atoms with Crippen LogP contribution in [0.25, 0.3) is 5.69 Å². The summed E-state index contributed by atoms with van der Waals surface area (Å²) >= 11 is 0. The van der Waals surface area contributed by atoms with Gasteiger partial charge in [0.15, 0.2) is 0 Å². The van der Waals surface area contributed by atoms with Crippen molar-refractivity contribution in [2.45, 2.75) is 6.42 Å². The molecule has 4 heteroatoms. The van der Waals surface area contributed by atoms with Crippen LogP contribution in [0, 0.1) is 0 Å². The zero-order valence-corrected chi connectivity index (χ0v) is 9.13. The molecule has 2 aromatic rings. The van der Waals surface area contributed by atoms with Gasteiger partial charge in [-0.3, -0.25) is 4.57 Å². The van der Waals surface area contributed by atoms with Crippen molar-refractivity contribution >= 4 is 0 Å². The van der Waals surface area contributed by atoms with E-state index in [1.807, 2.05) is 24.3 Å². The van der Waals surface area contributed by atoms with Crippen LogP contribution in [0.5, 0.6) is 0 Å². The van der Waals surface area contributed by atoms with Crippen LogP contribution in [0.4, 0.5) is 0 Å². The number of imidazole rings is 1. The lowest BCUT2D eigenvalue weighted by Gasteiger charge is -2.03. The number of benzene rings is 1. The van der Waals surface area contributed by atoms with Crippen molar-refractivity contribution in [1.82, 2.24) is 9.13 Å². The standard InChI is InChI=1S/C12H14N2O2/c1-13-7-8-14(12(13)16)11-4-2-10(3-5-11)6-9-15/h2-5,7-8,15H,6,9H2,1H3. The number of aromatic nitrogens is 2. The first-order valence-corrected chi connectivity index (χ1v) is 5.16. The first-order valence-electron chi connectivity index (χ1n) is 5.16. The Balaban J connectivity index is 2.35. The largest absolute Gasteiger partial charge is 0.396 e. The average Bonchev–Trinajstić information content (AvgIpc) is 2.62. The van der Waals surface area contributed by atoms with Crippen molar-refractivity contribution in [3.8, 4) is 5.69 Å². The molecule has 84 valence electrons. The molecule has 1 aromatic heterocycles. The third-order valence-electron chi connectivity index (χ3n) is 2.56. The summed E-state index contributed by atoms with van der Waals surface area (Å²) in [5, 5.41) is 8.79. The summed E-state index contributed by atoms with van der Waals surface area (Å²) in [5.41, 5.74) is 1.84. The zero-order chi connectivity index (χ0) is 11.5. The second-order valence-electron chi connectivity index (χ2n) is 3.70. The van der Waals surface area contributed by atoms with E-state index in [-0.39, 0.29) is 12.3 Å². The molecule has 0 bridgehead atoms. The van der Waals surface area contributed by atoms with E-state index in [1.165, 1.54) is 4.57 Å². The second-order valence-corrected chi connectivity index (χ2v) is 3.70. The molecule has 0 amide bonds. The highest BCUT2D eigenvalue weighted by atomic mass is 16.2. The summed E-state index contributed by atoms with van der Waals surface area (Å²) in [7, 11) is 1.72. The van der Waals surface area contributed by atoms with E-state index in [2.05, 4.69) is 0 Å². The third-order valence-corrected chi connectivity index (χ3v) is 2.56. The Morgan fingerprint density at radius 2 is 1.88 bits per heavy atom. The molecule has 0 unspecified atom stereocenters. The van der Waals surface area contributed by atoms with Gasteiger partial charge in [0.05, 0.1) is 5.69 Å².